The second-order valence-corrected chi connectivity index (χ2v) is 19.0. The monoisotopic (exact) mass is 800 g/mol. The highest BCUT2D eigenvalue weighted by Crippen LogP contribution is 2.48. The van der Waals surface area contributed by atoms with Crippen LogP contribution in [-0.4, -0.2) is 62.7 Å². The fourth-order valence-electron chi connectivity index (χ4n) is 7.10. The minimum absolute atomic E-state index is 0.210. The van der Waals surface area contributed by atoms with Crippen molar-refractivity contribution in [2.45, 2.75) is 238 Å². The van der Waals surface area contributed by atoms with E-state index in [1.165, 1.54) is 122 Å². The Morgan fingerprint density at radius 1 is 0.545 bits per heavy atom. The average molecular weight is 800 g/mol. The van der Waals surface area contributed by atoms with Gasteiger partial charge in [0.25, 0.3) is 0 Å². The zero-order chi connectivity index (χ0) is 40.9. The Hall–Kier alpha value is -1.21. The lowest BCUT2D eigenvalue weighted by Gasteiger charge is -2.41. The van der Waals surface area contributed by atoms with E-state index < -0.39 is 25.5 Å². The first-order valence-electron chi connectivity index (χ1n) is 23.2. The topological polar surface area (TPSA) is 102 Å². The van der Waals surface area contributed by atoms with Gasteiger partial charge in [-0.2, -0.15) is 0 Å². The number of carbonyl (C=O) groups is 2. The first kappa shape index (κ1) is 53.8. The minimum Gasteiger partial charge on any atom is -0.774 e. The fourth-order valence-corrected chi connectivity index (χ4v) is 9.07. The second kappa shape index (κ2) is 37.1. The van der Waals surface area contributed by atoms with Gasteiger partial charge in [0.05, 0.1) is 27.7 Å². The van der Waals surface area contributed by atoms with Crippen molar-refractivity contribution < 1.29 is 37.5 Å². The summed E-state index contributed by atoms with van der Waals surface area (Å²) in [6, 6.07) is 0. The van der Waals surface area contributed by atoms with E-state index in [0.29, 0.717) is 25.7 Å². The summed E-state index contributed by atoms with van der Waals surface area (Å²) in [5.41, 5.74) is 0. The van der Waals surface area contributed by atoms with Gasteiger partial charge in [-0.3, -0.25) is 9.59 Å². The molecule has 0 heterocycles. The summed E-state index contributed by atoms with van der Waals surface area (Å²) in [4.78, 5) is 38.6. The van der Waals surface area contributed by atoms with Gasteiger partial charge in [0.15, 0.2) is 19.5 Å². The standard InChI is InChI=1S/C46H90NO7P/c1-7-10-12-14-16-18-20-22-24-26-28-30-32-34-36-39-45(48)52-41-43(42-53-55(50,51)44(38-9-3)47(4,5)6)54-46(49)40-37-35-33-31-29-27-25-23-21-19-17-15-13-11-8-2/h23,25,43-44H,7-22,24,26-42H2,1-6H3/b25-23-/t43-,44?/m1/s1. The molecule has 0 aliphatic heterocycles. The molecule has 8 nitrogen and oxygen atoms in total. The van der Waals surface area contributed by atoms with E-state index in [1.54, 1.807) is 0 Å². The molecule has 3 atom stereocenters. The van der Waals surface area contributed by atoms with Crippen molar-refractivity contribution in [1.29, 1.82) is 0 Å². The number of hydrogen-bond donors (Lipinski definition) is 0. The summed E-state index contributed by atoms with van der Waals surface area (Å²) >= 11 is 0. The molecule has 0 aromatic rings. The summed E-state index contributed by atoms with van der Waals surface area (Å²) < 4.78 is 30.1. The molecule has 0 aliphatic carbocycles. The maximum absolute atomic E-state index is 13.2. The number of allylic oxidation sites excluding steroid dienone is 2. The van der Waals surface area contributed by atoms with Crippen LogP contribution in [0.15, 0.2) is 12.2 Å². The smallest absolute Gasteiger partial charge is 0.306 e. The average Bonchev–Trinajstić information content (AvgIpc) is 3.14. The lowest BCUT2D eigenvalue weighted by molar-refractivity contribution is -0.884. The highest BCUT2D eigenvalue weighted by atomic mass is 31.2. The van der Waals surface area contributed by atoms with E-state index in [2.05, 4.69) is 26.0 Å². The molecule has 0 aromatic carbocycles. The molecule has 0 aliphatic rings. The Bertz CT molecular complexity index is 966. The van der Waals surface area contributed by atoms with Gasteiger partial charge < -0.3 is 27.9 Å². The Labute approximate surface area is 340 Å². The van der Waals surface area contributed by atoms with Crippen molar-refractivity contribution in [1.82, 2.24) is 0 Å². The van der Waals surface area contributed by atoms with Crippen LogP contribution in [0.25, 0.3) is 0 Å². The van der Waals surface area contributed by atoms with Crippen LogP contribution >= 0.6 is 7.60 Å². The lowest BCUT2D eigenvalue weighted by atomic mass is 10.0. The normalized spacial score (nSPS) is 14.2. The third-order valence-electron chi connectivity index (χ3n) is 10.6. The van der Waals surface area contributed by atoms with Gasteiger partial charge in [0, 0.05) is 19.3 Å². The number of nitrogens with zero attached hydrogens (tertiary/aromatic N) is 1. The van der Waals surface area contributed by atoms with E-state index >= 15 is 0 Å². The lowest BCUT2D eigenvalue weighted by Crippen LogP contribution is -2.47. The van der Waals surface area contributed by atoms with Crippen LogP contribution < -0.4 is 4.89 Å². The highest BCUT2D eigenvalue weighted by Gasteiger charge is 2.35. The van der Waals surface area contributed by atoms with E-state index in [4.69, 9.17) is 14.0 Å². The predicted octanol–water partition coefficient (Wildman–Crippen LogP) is 13.1. The molecule has 0 saturated carbocycles. The van der Waals surface area contributed by atoms with Crippen molar-refractivity contribution in [3.63, 3.8) is 0 Å². The van der Waals surface area contributed by atoms with E-state index in [-0.39, 0.29) is 30.1 Å². The van der Waals surface area contributed by atoms with Crippen molar-refractivity contribution in [2.24, 2.45) is 0 Å². The van der Waals surface area contributed by atoms with Gasteiger partial charge in [0.2, 0.25) is 0 Å². The molecule has 0 bridgehead atoms. The summed E-state index contributed by atoms with van der Waals surface area (Å²) in [6.07, 6.45) is 39.5. The first-order valence-corrected chi connectivity index (χ1v) is 24.9. The maximum atomic E-state index is 13.2. The predicted molar refractivity (Wildman–Crippen MR) is 230 cm³/mol. The quantitative estimate of drug-likeness (QED) is 0.0199. The van der Waals surface area contributed by atoms with Gasteiger partial charge in [-0.15, -0.1) is 0 Å². The van der Waals surface area contributed by atoms with Gasteiger partial charge in [0.1, 0.15) is 6.61 Å². The third-order valence-corrected chi connectivity index (χ3v) is 12.8. The summed E-state index contributed by atoms with van der Waals surface area (Å²) in [5, 5.41) is 0. The van der Waals surface area contributed by atoms with Crippen LogP contribution in [0.1, 0.15) is 226 Å². The molecule has 0 rings (SSSR count). The number of quaternary nitrogens is 1. The van der Waals surface area contributed by atoms with E-state index in [0.717, 1.165) is 51.4 Å². The Balaban J connectivity index is 4.51. The molecule has 0 aromatic heterocycles. The fraction of sp³-hybridized carbons (Fsp3) is 0.913. The van der Waals surface area contributed by atoms with Crippen molar-refractivity contribution in [3.05, 3.63) is 12.2 Å². The molecule has 9 heteroatoms. The Morgan fingerprint density at radius 2 is 0.927 bits per heavy atom. The largest absolute Gasteiger partial charge is 0.774 e. The van der Waals surface area contributed by atoms with Crippen LogP contribution in [0.2, 0.25) is 0 Å². The molecule has 0 amide bonds. The SMILES string of the molecule is CCCCCCCC/C=C\CCCCCCCC(=O)O[C@H](COC(=O)CCCCCCCCCCCCCCCCC)COP(=O)([O-])C(CCC)[N+](C)(C)C. The molecule has 0 N–H and O–H groups in total. The van der Waals surface area contributed by atoms with Crippen LogP contribution in [0.3, 0.4) is 0 Å². The van der Waals surface area contributed by atoms with Crippen molar-refractivity contribution in [3.8, 4) is 0 Å². The molecule has 55 heavy (non-hydrogen) atoms. The number of rotatable bonds is 41. The first-order chi connectivity index (χ1) is 26.5. The summed E-state index contributed by atoms with van der Waals surface area (Å²) in [7, 11) is 1.20. The summed E-state index contributed by atoms with van der Waals surface area (Å²) in [5.74, 6) is -1.49. The number of hydrogen-bond acceptors (Lipinski definition) is 7. The molecule has 0 radical (unpaired) electrons. The molecule has 0 saturated heterocycles. The van der Waals surface area contributed by atoms with Gasteiger partial charge in [-0.25, -0.2) is 0 Å². The highest BCUT2D eigenvalue weighted by molar-refractivity contribution is 7.51. The van der Waals surface area contributed by atoms with Crippen LogP contribution in [0.5, 0.6) is 0 Å². The minimum atomic E-state index is -4.30. The molecule has 2 unspecified atom stereocenters. The summed E-state index contributed by atoms with van der Waals surface area (Å²) in [6.45, 7) is 5.90. The van der Waals surface area contributed by atoms with Crippen LogP contribution in [0, 0.1) is 0 Å². The Morgan fingerprint density at radius 3 is 1.33 bits per heavy atom. The Kier molecular flexibility index (Phi) is 36.3. The van der Waals surface area contributed by atoms with Gasteiger partial charge in [-0.1, -0.05) is 174 Å². The van der Waals surface area contributed by atoms with Crippen molar-refractivity contribution in [2.75, 3.05) is 34.4 Å². The van der Waals surface area contributed by atoms with Gasteiger partial charge in [-0.05, 0) is 44.9 Å². The van der Waals surface area contributed by atoms with E-state index in [1.807, 2.05) is 28.1 Å². The molecular weight excluding hydrogens is 709 g/mol. The number of esters is 2. The zero-order valence-electron chi connectivity index (χ0n) is 37.1. The molecule has 0 spiro atoms. The maximum Gasteiger partial charge on any atom is 0.306 e. The molecular formula is C46H90NO7P. The number of carbonyl (C=O) groups excluding carboxylic acids is 2. The second-order valence-electron chi connectivity index (χ2n) is 17.1. The number of ether oxygens (including phenoxy) is 2. The van der Waals surface area contributed by atoms with Crippen LogP contribution in [0.4, 0.5) is 0 Å². The molecule has 326 valence electrons. The zero-order valence-corrected chi connectivity index (χ0v) is 38.0. The van der Waals surface area contributed by atoms with E-state index in [9.17, 15) is 19.0 Å². The third kappa shape index (κ3) is 34.5. The van der Waals surface area contributed by atoms with Gasteiger partial charge >= 0.3 is 11.9 Å². The van der Waals surface area contributed by atoms with Crippen LogP contribution in [-0.2, 0) is 28.2 Å². The molecule has 0 fully saturated rings. The number of unbranched alkanes of at least 4 members (excludes halogenated alkanes) is 25. The van der Waals surface area contributed by atoms with Crippen molar-refractivity contribution >= 4 is 19.5 Å².